The van der Waals surface area contributed by atoms with Crippen LogP contribution in [0, 0.1) is 0 Å². The Bertz CT molecular complexity index is 405. The van der Waals surface area contributed by atoms with Crippen molar-refractivity contribution >= 4 is 22.4 Å². The predicted molar refractivity (Wildman–Crippen MR) is 76.1 cm³/mol. The lowest BCUT2D eigenvalue weighted by Gasteiger charge is -2.38. The van der Waals surface area contributed by atoms with Gasteiger partial charge in [0.1, 0.15) is 0 Å². The summed E-state index contributed by atoms with van der Waals surface area (Å²) in [5.74, 6) is 0. The van der Waals surface area contributed by atoms with Crippen molar-refractivity contribution in [1.82, 2.24) is 10.0 Å². The minimum absolute atomic E-state index is 0. The Balaban J connectivity index is 0.00000133. The Morgan fingerprint density at radius 1 is 1.26 bits per heavy atom. The largest absolute Gasteiger partial charge is 0.369 e. The molecule has 0 aromatic carbocycles. The fourth-order valence-corrected chi connectivity index (χ4v) is 4.42. The van der Waals surface area contributed by atoms with E-state index in [0.717, 1.165) is 51.6 Å². The number of ether oxygens (including phenoxy) is 1. The first kappa shape index (κ1) is 15.5. The van der Waals surface area contributed by atoms with E-state index >= 15 is 0 Å². The molecule has 5 nitrogen and oxygen atoms in total. The summed E-state index contributed by atoms with van der Waals surface area (Å²) in [4.78, 5) is 0. The van der Waals surface area contributed by atoms with E-state index in [2.05, 4.69) is 10.0 Å². The minimum Gasteiger partial charge on any atom is -0.369 e. The van der Waals surface area contributed by atoms with Crippen molar-refractivity contribution in [2.75, 3.05) is 19.6 Å². The molecule has 3 aliphatic rings. The maximum atomic E-state index is 11.8. The molecule has 1 saturated carbocycles. The Hall–Kier alpha value is 0.120. The van der Waals surface area contributed by atoms with Gasteiger partial charge in [0.15, 0.2) is 0 Å². The van der Waals surface area contributed by atoms with Crippen molar-refractivity contribution in [3.05, 3.63) is 0 Å². The van der Waals surface area contributed by atoms with Crippen molar-refractivity contribution in [2.24, 2.45) is 0 Å². The van der Waals surface area contributed by atoms with Gasteiger partial charge in [-0.1, -0.05) is 0 Å². The number of hydrogen-bond donors (Lipinski definition) is 2. The van der Waals surface area contributed by atoms with Gasteiger partial charge in [0.2, 0.25) is 10.0 Å². The second kappa shape index (κ2) is 5.85. The van der Waals surface area contributed by atoms with Crippen LogP contribution in [0.15, 0.2) is 0 Å². The molecule has 2 N–H and O–H groups in total. The Kier molecular flexibility index (Phi) is 4.78. The van der Waals surface area contributed by atoms with Gasteiger partial charge in [-0.2, -0.15) is 0 Å². The molecule has 0 aromatic rings. The smallest absolute Gasteiger partial charge is 0.214 e. The summed E-state index contributed by atoms with van der Waals surface area (Å²) in [6.45, 7) is 2.37. The molecule has 2 heterocycles. The monoisotopic (exact) mass is 310 g/mol. The number of halogens is 1. The number of hydrogen-bond acceptors (Lipinski definition) is 4. The first-order chi connectivity index (χ1) is 8.60. The molecule has 19 heavy (non-hydrogen) atoms. The van der Waals surface area contributed by atoms with Gasteiger partial charge >= 0.3 is 0 Å². The van der Waals surface area contributed by atoms with Crippen molar-refractivity contribution in [1.29, 1.82) is 0 Å². The average molecular weight is 311 g/mol. The Morgan fingerprint density at radius 3 is 2.68 bits per heavy atom. The summed E-state index contributed by atoms with van der Waals surface area (Å²) in [5, 5.41) is 3.20. The van der Waals surface area contributed by atoms with Crippen molar-refractivity contribution < 1.29 is 13.2 Å². The summed E-state index contributed by atoms with van der Waals surface area (Å²) >= 11 is 0. The molecular weight excluding hydrogens is 288 g/mol. The Labute approximate surface area is 121 Å². The molecule has 112 valence electrons. The fraction of sp³-hybridized carbons (Fsp3) is 1.00. The van der Waals surface area contributed by atoms with Gasteiger partial charge in [0.25, 0.3) is 0 Å². The van der Waals surface area contributed by atoms with E-state index in [9.17, 15) is 8.42 Å². The molecule has 2 aliphatic heterocycles. The predicted octanol–water partition coefficient (Wildman–Crippen LogP) is 0.791. The van der Waals surface area contributed by atoms with Crippen LogP contribution in [0.3, 0.4) is 0 Å². The zero-order valence-corrected chi connectivity index (χ0v) is 12.7. The second-order valence-electron chi connectivity index (χ2n) is 5.83. The van der Waals surface area contributed by atoms with Crippen molar-refractivity contribution in [3.8, 4) is 0 Å². The molecule has 3 rings (SSSR count). The number of nitrogens with one attached hydrogen (secondary N) is 2. The van der Waals surface area contributed by atoms with E-state index in [1.54, 1.807) is 0 Å². The lowest BCUT2D eigenvalue weighted by Crippen LogP contribution is -2.46. The highest BCUT2D eigenvalue weighted by atomic mass is 35.5. The fourth-order valence-electron chi connectivity index (χ4n) is 3.01. The topological polar surface area (TPSA) is 67.4 Å². The third-order valence-corrected chi connectivity index (χ3v) is 6.17. The van der Waals surface area contributed by atoms with Crippen LogP contribution in [0.25, 0.3) is 0 Å². The molecule has 0 amide bonds. The van der Waals surface area contributed by atoms with E-state index in [-0.39, 0.29) is 29.4 Å². The molecule has 7 heteroatoms. The molecule has 0 aromatic heterocycles. The summed E-state index contributed by atoms with van der Waals surface area (Å²) in [5.41, 5.74) is -0.0199. The highest BCUT2D eigenvalue weighted by Gasteiger charge is 2.41. The quantitative estimate of drug-likeness (QED) is 0.806. The van der Waals surface area contributed by atoms with E-state index in [1.165, 1.54) is 0 Å². The molecule has 2 saturated heterocycles. The van der Waals surface area contributed by atoms with Crippen LogP contribution in [-0.2, 0) is 14.8 Å². The maximum absolute atomic E-state index is 11.8. The van der Waals surface area contributed by atoms with E-state index in [1.807, 2.05) is 0 Å². The van der Waals surface area contributed by atoms with Gasteiger partial charge in [-0.3, -0.25) is 0 Å². The highest BCUT2D eigenvalue weighted by Crippen LogP contribution is 2.33. The third kappa shape index (κ3) is 3.61. The second-order valence-corrected chi connectivity index (χ2v) is 7.88. The van der Waals surface area contributed by atoms with Crippen LogP contribution in [0.4, 0.5) is 0 Å². The summed E-state index contributed by atoms with van der Waals surface area (Å²) < 4.78 is 32.4. The molecule has 1 aliphatic carbocycles. The maximum Gasteiger partial charge on any atom is 0.214 e. The molecule has 1 spiro atoms. The molecule has 0 unspecified atom stereocenters. The summed E-state index contributed by atoms with van der Waals surface area (Å²) in [6.07, 6.45) is 5.94. The minimum atomic E-state index is -3.07. The third-order valence-electron chi connectivity index (χ3n) is 4.26. The molecule has 3 fully saturated rings. The van der Waals surface area contributed by atoms with E-state index in [4.69, 9.17) is 4.74 Å². The molecule has 0 radical (unpaired) electrons. The summed E-state index contributed by atoms with van der Waals surface area (Å²) in [6, 6.07) is 0. The van der Waals surface area contributed by atoms with Gasteiger partial charge < -0.3 is 10.1 Å². The lowest BCUT2D eigenvalue weighted by molar-refractivity contribution is -0.113. The van der Waals surface area contributed by atoms with Crippen LogP contribution < -0.4 is 10.0 Å². The van der Waals surface area contributed by atoms with Crippen LogP contribution >= 0.6 is 12.4 Å². The normalized spacial score (nSPS) is 35.3. The number of rotatable bonds is 4. The van der Waals surface area contributed by atoms with Gasteiger partial charge in [0, 0.05) is 13.1 Å². The first-order valence-corrected chi connectivity index (χ1v) is 8.51. The van der Waals surface area contributed by atoms with Crippen LogP contribution in [-0.4, -0.2) is 45.0 Å². The zero-order valence-electron chi connectivity index (χ0n) is 11.1. The molecule has 0 bridgehead atoms. The van der Waals surface area contributed by atoms with Gasteiger partial charge in [-0.25, -0.2) is 13.1 Å². The average Bonchev–Trinajstić information content (AvgIpc) is 3.12. The Morgan fingerprint density at radius 2 is 2.05 bits per heavy atom. The zero-order chi connectivity index (χ0) is 12.6. The SMILES string of the molecule is Cl.O=S(=O)(NC[C@H]1CCC[C@]2(CCNC2)O1)C1CC1. The van der Waals surface area contributed by atoms with Crippen molar-refractivity contribution in [2.45, 2.75) is 55.5 Å². The first-order valence-electron chi connectivity index (χ1n) is 6.97. The molecule has 2 atom stereocenters. The van der Waals surface area contributed by atoms with E-state index < -0.39 is 10.0 Å². The van der Waals surface area contributed by atoms with Crippen LogP contribution in [0.5, 0.6) is 0 Å². The number of sulfonamides is 1. The van der Waals surface area contributed by atoms with Gasteiger partial charge in [-0.05, 0) is 45.1 Å². The standard InChI is InChI=1S/C12H22N2O3S.ClH/c15-18(16,11-3-4-11)14-8-10-2-1-5-12(17-10)6-7-13-9-12;/h10-11,13-14H,1-9H2;1H/t10-,12-;/m1./s1. The highest BCUT2D eigenvalue weighted by molar-refractivity contribution is 7.90. The molecular formula is C12H23ClN2O3S. The van der Waals surface area contributed by atoms with Gasteiger partial charge in [-0.15, -0.1) is 12.4 Å². The lowest BCUT2D eigenvalue weighted by atomic mass is 9.91. The van der Waals surface area contributed by atoms with E-state index in [0.29, 0.717) is 6.54 Å². The van der Waals surface area contributed by atoms with Crippen LogP contribution in [0.1, 0.15) is 38.5 Å². The van der Waals surface area contributed by atoms with Crippen LogP contribution in [0.2, 0.25) is 0 Å². The van der Waals surface area contributed by atoms with Crippen molar-refractivity contribution in [3.63, 3.8) is 0 Å². The van der Waals surface area contributed by atoms with Gasteiger partial charge in [0.05, 0.1) is 17.0 Å². The summed E-state index contributed by atoms with van der Waals surface area (Å²) in [7, 11) is -3.07.